The summed E-state index contributed by atoms with van der Waals surface area (Å²) >= 11 is 0. The number of hydrazine groups is 1. The summed E-state index contributed by atoms with van der Waals surface area (Å²) in [5.74, 6) is 0. The highest BCUT2D eigenvalue weighted by Gasteiger charge is 2.31. The van der Waals surface area contributed by atoms with Crippen LogP contribution in [0.25, 0.3) is 0 Å². The maximum Gasteiger partial charge on any atom is 0.429 e. The summed E-state index contributed by atoms with van der Waals surface area (Å²) in [5, 5.41) is 3.76. The Morgan fingerprint density at radius 1 is 0.933 bits per heavy atom. The first-order chi connectivity index (χ1) is 14.1. The number of ether oxygens (including phenoxy) is 3. The quantitative estimate of drug-likeness (QED) is 0.484. The van der Waals surface area contributed by atoms with Crippen LogP contribution in [0, 0.1) is 0 Å². The summed E-state index contributed by atoms with van der Waals surface area (Å²) < 4.78 is 15.5. The molecule has 1 aromatic carbocycles. The van der Waals surface area contributed by atoms with Crippen LogP contribution in [0.2, 0.25) is 0 Å². The molecule has 1 aromatic rings. The van der Waals surface area contributed by atoms with E-state index in [0.29, 0.717) is 6.42 Å². The number of nitrogens with zero attached hydrogens (tertiary/aromatic N) is 1. The number of alkyl carbamates (subject to hydrolysis) is 1. The van der Waals surface area contributed by atoms with Crippen molar-refractivity contribution in [3.05, 3.63) is 35.9 Å². The molecule has 9 nitrogen and oxygen atoms in total. The summed E-state index contributed by atoms with van der Waals surface area (Å²) in [4.78, 5) is 36.8. The molecule has 0 saturated carbocycles. The molecular formula is C21H33N3O6. The summed E-state index contributed by atoms with van der Waals surface area (Å²) in [5.41, 5.74) is 3.26. The first-order valence-electron chi connectivity index (χ1n) is 10.1. The average molecular weight is 424 g/mol. The molecule has 0 saturated heterocycles. The molecule has 0 bridgehead atoms. The normalized spacial score (nSPS) is 12.7. The third-order valence-electron chi connectivity index (χ3n) is 4.03. The molecule has 9 heteroatoms. The molecule has 0 fully saturated rings. The Morgan fingerprint density at radius 2 is 1.53 bits per heavy atom. The number of carbonyl (C=O) groups excluding carboxylic acids is 3. The van der Waals surface area contributed by atoms with Gasteiger partial charge in [0, 0.05) is 0 Å². The first-order valence-corrected chi connectivity index (χ1v) is 10.1. The van der Waals surface area contributed by atoms with Crippen LogP contribution < -0.4 is 10.7 Å². The van der Waals surface area contributed by atoms with Crippen LogP contribution in [-0.2, 0) is 20.8 Å². The zero-order valence-corrected chi connectivity index (χ0v) is 18.5. The minimum atomic E-state index is -0.793. The van der Waals surface area contributed by atoms with Crippen molar-refractivity contribution in [2.24, 2.45) is 0 Å². The van der Waals surface area contributed by atoms with E-state index < -0.39 is 30.4 Å². The molecule has 0 unspecified atom stereocenters. The maximum absolute atomic E-state index is 12.5. The van der Waals surface area contributed by atoms with Gasteiger partial charge in [-0.1, -0.05) is 37.3 Å². The van der Waals surface area contributed by atoms with E-state index in [2.05, 4.69) is 10.7 Å². The van der Waals surface area contributed by atoms with E-state index in [1.54, 1.807) is 34.6 Å². The molecule has 0 aromatic heterocycles. The lowest BCUT2D eigenvalue weighted by atomic mass is 10.1. The van der Waals surface area contributed by atoms with Crippen molar-refractivity contribution in [2.45, 2.75) is 78.9 Å². The number of benzene rings is 1. The number of amides is 3. The van der Waals surface area contributed by atoms with Crippen molar-refractivity contribution >= 4 is 18.3 Å². The van der Waals surface area contributed by atoms with Crippen LogP contribution in [0.1, 0.15) is 53.5 Å². The fourth-order valence-corrected chi connectivity index (χ4v) is 2.57. The minimum absolute atomic E-state index is 0.121. The zero-order chi connectivity index (χ0) is 22.7. The lowest BCUT2D eigenvalue weighted by molar-refractivity contribution is 0.0266. The Balaban J connectivity index is 2.80. The van der Waals surface area contributed by atoms with Gasteiger partial charge in [0.1, 0.15) is 6.61 Å². The Morgan fingerprint density at radius 3 is 2.07 bits per heavy atom. The van der Waals surface area contributed by atoms with E-state index in [1.165, 1.54) is 0 Å². The van der Waals surface area contributed by atoms with Crippen molar-refractivity contribution < 1.29 is 28.6 Å². The molecule has 30 heavy (non-hydrogen) atoms. The van der Waals surface area contributed by atoms with Crippen molar-refractivity contribution in [3.8, 4) is 0 Å². The molecule has 1 rings (SSSR count). The molecule has 0 radical (unpaired) electrons. The van der Waals surface area contributed by atoms with E-state index in [4.69, 9.17) is 14.2 Å². The van der Waals surface area contributed by atoms with E-state index in [0.717, 1.165) is 10.6 Å². The number of rotatable bonds is 8. The minimum Gasteiger partial charge on any atom is -0.446 e. The van der Waals surface area contributed by atoms with Crippen LogP contribution in [-0.4, -0.2) is 47.6 Å². The van der Waals surface area contributed by atoms with Gasteiger partial charge < -0.3 is 19.5 Å². The Hall–Kier alpha value is -2.97. The lowest BCUT2D eigenvalue weighted by Crippen LogP contribution is -2.59. The second-order valence-electron chi connectivity index (χ2n) is 7.33. The molecule has 168 valence electrons. The standard InChI is InChI=1S/C21H33N3O6/c1-7-18(22-19(25)28-13-17-11-9-8-10-12-17)16(6)24(21(27)30-15(4)5)23-20(26)29-14(2)3/h8-12,14-16,18H,7,13H2,1-6H3,(H,22,25)(H,23,26)/t16-,18-/m1/s1. The molecule has 0 aliphatic carbocycles. The van der Waals surface area contributed by atoms with Gasteiger partial charge in [-0.2, -0.15) is 0 Å². The second-order valence-corrected chi connectivity index (χ2v) is 7.33. The third-order valence-corrected chi connectivity index (χ3v) is 4.03. The molecule has 2 N–H and O–H groups in total. The van der Waals surface area contributed by atoms with Crippen molar-refractivity contribution in [1.29, 1.82) is 0 Å². The molecule has 0 aliphatic rings. The first kappa shape index (κ1) is 25.1. The van der Waals surface area contributed by atoms with E-state index in [9.17, 15) is 14.4 Å². The lowest BCUT2D eigenvalue weighted by Gasteiger charge is -2.34. The molecule has 2 atom stereocenters. The van der Waals surface area contributed by atoms with Gasteiger partial charge in [-0.25, -0.2) is 24.8 Å². The van der Waals surface area contributed by atoms with Gasteiger partial charge in [0.15, 0.2) is 0 Å². The van der Waals surface area contributed by atoms with Gasteiger partial charge in [-0.05, 0) is 46.6 Å². The number of carbonyl (C=O) groups is 3. The molecule has 0 spiro atoms. The Labute approximate surface area is 178 Å². The summed E-state index contributed by atoms with van der Waals surface area (Å²) in [7, 11) is 0. The molecule has 0 heterocycles. The summed E-state index contributed by atoms with van der Waals surface area (Å²) in [6.45, 7) is 10.4. The van der Waals surface area contributed by atoms with Gasteiger partial charge >= 0.3 is 18.3 Å². The Bertz CT molecular complexity index is 681. The average Bonchev–Trinajstić information content (AvgIpc) is 2.67. The molecular weight excluding hydrogens is 390 g/mol. The topological polar surface area (TPSA) is 106 Å². The van der Waals surface area contributed by atoms with Crippen LogP contribution in [0.15, 0.2) is 30.3 Å². The summed E-state index contributed by atoms with van der Waals surface area (Å²) in [6, 6.07) is 8.14. The van der Waals surface area contributed by atoms with Crippen LogP contribution in [0.4, 0.5) is 14.4 Å². The predicted octanol–water partition coefficient (Wildman–Crippen LogP) is 3.98. The highest BCUT2D eigenvalue weighted by molar-refractivity contribution is 5.74. The van der Waals surface area contributed by atoms with Gasteiger partial charge in [-0.15, -0.1) is 0 Å². The molecule has 0 aliphatic heterocycles. The maximum atomic E-state index is 12.5. The number of nitrogens with one attached hydrogen (secondary N) is 2. The highest BCUT2D eigenvalue weighted by atomic mass is 16.6. The van der Waals surface area contributed by atoms with Crippen LogP contribution in [0.5, 0.6) is 0 Å². The van der Waals surface area contributed by atoms with Gasteiger partial charge in [-0.3, -0.25) is 0 Å². The number of hydrogen-bond donors (Lipinski definition) is 2. The van der Waals surface area contributed by atoms with Crippen molar-refractivity contribution in [1.82, 2.24) is 15.8 Å². The van der Waals surface area contributed by atoms with E-state index in [1.807, 2.05) is 37.3 Å². The zero-order valence-electron chi connectivity index (χ0n) is 18.5. The smallest absolute Gasteiger partial charge is 0.429 e. The largest absolute Gasteiger partial charge is 0.446 e. The van der Waals surface area contributed by atoms with Gasteiger partial charge in [0.2, 0.25) is 0 Å². The van der Waals surface area contributed by atoms with E-state index in [-0.39, 0.29) is 18.8 Å². The fourth-order valence-electron chi connectivity index (χ4n) is 2.57. The summed E-state index contributed by atoms with van der Waals surface area (Å²) in [6.07, 6.45) is -2.45. The van der Waals surface area contributed by atoms with Crippen LogP contribution in [0.3, 0.4) is 0 Å². The van der Waals surface area contributed by atoms with Crippen LogP contribution >= 0.6 is 0 Å². The number of hydrogen-bond acceptors (Lipinski definition) is 6. The van der Waals surface area contributed by atoms with Gasteiger partial charge in [0.25, 0.3) is 0 Å². The molecule has 3 amide bonds. The Kier molecular flexibility index (Phi) is 10.5. The predicted molar refractivity (Wildman–Crippen MR) is 112 cm³/mol. The second kappa shape index (κ2) is 12.6. The van der Waals surface area contributed by atoms with Crippen molar-refractivity contribution in [2.75, 3.05) is 0 Å². The monoisotopic (exact) mass is 423 g/mol. The van der Waals surface area contributed by atoms with E-state index >= 15 is 0 Å². The SMILES string of the molecule is CC[C@@H](NC(=O)OCc1ccccc1)[C@@H](C)N(NC(=O)OC(C)C)C(=O)OC(C)C. The van der Waals surface area contributed by atoms with Gasteiger partial charge in [0.05, 0.1) is 24.3 Å². The third kappa shape index (κ3) is 9.02. The van der Waals surface area contributed by atoms with Crippen molar-refractivity contribution in [3.63, 3.8) is 0 Å². The highest BCUT2D eigenvalue weighted by Crippen LogP contribution is 2.10. The fraction of sp³-hybridized carbons (Fsp3) is 0.571.